The SMILES string of the molecule is CCc1nnnn1-c1cc(C(=O)O)cc(-c2ccc(F)cc2Cl)c1. The van der Waals surface area contributed by atoms with E-state index in [4.69, 9.17) is 11.6 Å². The van der Waals surface area contributed by atoms with E-state index in [1.165, 1.54) is 35.0 Å². The van der Waals surface area contributed by atoms with Crippen LogP contribution in [0.1, 0.15) is 23.1 Å². The van der Waals surface area contributed by atoms with Gasteiger partial charge in [-0.05, 0) is 52.4 Å². The first-order valence-corrected chi connectivity index (χ1v) is 7.49. The molecule has 0 spiro atoms. The van der Waals surface area contributed by atoms with E-state index in [1.54, 1.807) is 6.07 Å². The Morgan fingerprint density at radius 2 is 2.08 bits per heavy atom. The van der Waals surface area contributed by atoms with E-state index in [-0.39, 0.29) is 10.6 Å². The molecule has 6 nitrogen and oxygen atoms in total. The fourth-order valence-corrected chi connectivity index (χ4v) is 2.64. The minimum Gasteiger partial charge on any atom is -0.478 e. The van der Waals surface area contributed by atoms with Gasteiger partial charge < -0.3 is 5.11 Å². The molecule has 0 atom stereocenters. The molecule has 0 fully saturated rings. The van der Waals surface area contributed by atoms with Crippen LogP contribution in [0.4, 0.5) is 4.39 Å². The van der Waals surface area contributed by atoms with Crippen LogP contribution in [0.25, 0.3) is 16.8 Å². The molecule has 0 aliphatic heterocycles. The largest absolute Gasteiger partial charge is 0.478 e. The average Bonchev–Trinajstić information content (AvgIpc) is 3.03. The Kier molecular flexibility index (Phi) is 4.26. The molecule has 0 aliphatic carbocycles. The molecular formula is C16H12ClFN4O2. The highest BCUT2D eigenvalue weighted by molar-refractivity contribution is 6.33. The van der Waals surface area contributed by atoms with E-state index in [2.05, 4.69) is 15.5 Å². The van der Waals surface area contributed by atoms with Crippen molar-refractivity contribution in [2.24, 2.45) is 0 Å². The van der Waals surface area contributed by atoms with Crippen LogP contribution in [-0.4, -0.2) is 31.3 Å². The number of benzene rings is 2. The van der Waals surface area contributed by atoms with Crippen LogP contribution in [0.2, 0.25) is 5.02 Å². The van der Waals surface area contributed by atoms with Crippen LogP contribution >= 0.6 is 11.6 Å². The second-order valence-electron chi connectivity index (χ2n) is 5.06. The lowest BCUT2D eigenvalue weighted by molar-refractivity contribution is 0.0697. The molecule has 0 amide bonds. The molecule has 2 aromatic carbocycles. The van der Waals surface area contributed by atoms with Crippen LogP contribution in [0, 0.1) is 5.82 Å². The van der Waals surface area contributed by atoms with Gasteiger partial charge >= 0.3 is 5.97 Å². The summed E-state index contributed by atoms with van der Waals surface area (Å²) in [5, 5.41) is 21.0. The van der Waals surface area contributed by atoms with Crippen molar-refractivity contribution in [3.63, 3.8) is 0 Å². The van der Waals surface area contributed by atoms with Gasteiger partial charge in [-0.25, -0.2) is 9.18 Å². The van der Waals surface area contributed by atoms with Crippen LogP contribution in [0.3, 0.4) is 0 Å². The summed E-state index contributed by atoms with van der Waals surface area (Å²) >= 11 is 6.10. The molecule has 8 heteroatoms. The van der Waals surface area contributed by atoms with E-state index < -0.39 is 11.8 Å². The summed E-state index contributed by atoms with van der Waals surface area (Å²) in [6.45, 7) is 1.89. The number of aromatic carboxylic acids is 1. The third kappa shape index (κ3) is 2.98. The fourth-order valence-electron chi connectivity index (χ4n) is 2.36. The van der Waals surface area contributed by atoms with Gasteiger partial charge in [0, 0.05) is 12.0 Å². The summed E-state index contributed by atoms with van der Waals surface area (Å²) in [7, 11) is 0. The molecule has 3 aromatic rings. The van der Waals surface area contributed by atoms with Crippen molar-refractivity contribution < 1.29 is 14.3 Å². The maximum atomic E-state index is 13.3. The van der Waals surface area contributed by atoms with Crippen LogP contribution in [-0.2, 0) is 6.42 Å². The van der Waals surface area contributed by atoms with Gasteiger partial charge in [-0.1, -0.05) is 18.5 Å². The lowest BCUT2D eigenvalue weighted by Gasteiger charge is -2.10. The normalized spacial score (nSPS) is 10.8. The van der Waals surface area contributed by atoms with E-state index in [0.717, 1.165) is 0 Å². The first-order chi connectivity index (χ1) is 11.5. The maximum Gasteiger partial charge on any atom is 0.335 e. The molecule has 0 aliphatic rings. The molecule has 24 heavy (non-hydrogen) atoms. The van der Waals surface area contributed by atoms with Crippen molar-refractivity contribution in [1.82, 2.24) is 20.2 Å². The Labute approximate surface area is 141 Å². The number of nitrogens with zero attached hydrogens (tertiary/aromatic N) is 4. The standard InChI is InChI=1S/C16H12ClFN4O2/c1-2-15-19-20-21-22(15)12-6-9(5-10(7-12)16(23)24)13-4-3-11(18)8-14(13)17/h3-8H,2H2,1H3,(H,23,24). The van der Waals surface area contributed by atoms with Crippen molar-refractivity contribution in [3.05, 3.63) is 58.6 Å². The van der Waals surface area contributed by atoms with Crippen LogP contribution in [0.15, 0.2) is 36.4 Å². The molecule has 1 aromatic heterocycles. The molecule has 0 unspecified atom stereocenters. The molecule has 1 N–H and O–H groups in total. The van der Waals surface area contributed by atoms with Gasteiger partial charge in [-0.15, -0.1) is 5.10 Å². The maximum absolute atomic E-state index is 13.3. The van der Waals surface area contributed by atoms with Gasteiger partial charge in [0.25, 0.3) is 0 Å². The number of carboxylic acid groups (broad SMARTS) is 1. The van der Waals surface area contributed by atoms with Gasteiger partial charge in [-0.2, -0.15) is 4.68 Å². The summed E-state index contributed by atoms with van der Waals surface area (Å²) in [5.74, 6) is -0.969. The monoisotopic (exact) mass is 346 g/mol. The van der Waals surface area contributed by atoms with Crippen LogP contribution < -0.4 is 0 Å². The third-order valence-corrected chi connectivity index (χ3v) is 3.81. The van der Waals surface area contributed by atoms with Crippen molar-refractivity contribution in [2.45, 2.75) is 13.3 Å². The fraction of sp³-hybridized carbons (Fsp3) is 0.125. The van der Waals surface area contributed by atoms with E-state index in [0.29, 0.717) is 29.1 Å². The molecular weight excluding hydrogens is 335 g/mol. The van der Waals surface area contributed by atoms with Gasteiger partial charge in [0.15, 0.2) is 5.82 Å². The lowest BCUT2D eigenvalue weighted by atomic mass is 10.0. The number of aromatic nitrogens is 4. The number of carbonyl (C=O) groups is 1. The highest BCUT2D eigenvalue weighted by atomic mass is 35.5. The number of hydrogen-bond donors (Lipinski definition) is 1. The van der Waals surface area contributed by atoms with Crippen LogP contribution in [0.5, 0.6) is 0 Å². The van der Waals surface area contributed by atoms with Gasteiger partial charge in [-0.3, -0.25) is 0 Å². The Morgan fingerprint density at radius 3 is 2.75 bits per heavy atom. The zero-order valence-electron chi connectivity index (χ0n) is 12.6. The summed E-state index contributed by atoms with van der Waals surface area (Å²) in [4.78, 5) is 11.4. The second kappa shape index (κ2) is 6.37. The number of tetrazole rings is 1. The van der Waals surface area contributed by atoms with Gasteiger partial charge in [0.2, 0.25) is 0 Å². The summed E-state index contributed by atoms with van der Waals surface area (Å²) in [6, 6.07) is 8.60. The van der Waals surface area contributed by atoms with E-state index in [9.17, 15) is 14.3 Å². The molecule has 0 bridgehead atoms. The lowest BCUT2D eigenvalue weighted by Crippen LogP contribution is -2.05. The van der Waals surface area contributed by atoms with E-state index in [1.807, 2.05) is 6.92 Å². The topological polar surface area (TPSA) is 80.9 Å². The van der Waals surface area contributed by atoms with Crippen molar-refractivity contribution >= 4 is 17.6 Å². The van der Waals surface area contributed by atoms with Crippen molar-refractivity contribution in [3.8, 4) is 16.8 Å². The van der Waals surface area contributed by atoms with Gasteiger partial charge in [0.1, 0.15) is 5.82 Å². The molecule has 1 heterocycles. The summed E-state index contributed by atoms with van der Waals surface area (Å²) in [6.07, 6.45) is 0.580. The molecule has 122 valence electrons. The number of hydrogen-bond acceptors (Lipinski definition) is 4. The highest BCUT2D eigenvalue weighted by Gasteiger charge is 2.14. The van der Waals surface area contributed by atoms with Crippen molar-refractivity contribution in [1.29, 1.82) is 0 Å². The first kappa shape index (κ1) is 16.1. The smallest absolute Gasteiger partial charge is 0.335 e. The second-order valence-corrected chi connectivity index (χ2v) is 5.47. The van der Waals surface area contributed by atoms with Crippen molar-refractivity contribution in [2.75, 3.05) is 0 Å². The Morgan fingerprint density at radius 1 is 1.29 bits per heavy atom. The Bertz CT molecular complexity index is 926. The van der Waals surface area contributed by atoms with Gasteiger partial charge in [0.05, 0.1) is 16.3 Å². The molecule has 3 rings (SSSR count). The number of rotatable bonds is 4. The number of halogens is 2. The Hall–Kier alpha value is -2.80. The first-order valence-electron chi connectivity index (χ1n) is 7.11. The number of carboxylic acids is 1. The summed E-state index contributed by atoms with van der Waals surface area (Å²) < 4.78 is 14.7. The number of aryl methyl sites for hydroxylation is 1. The highest BCUT2D eigenvalue weighted by Crippen LogP contribution is 2.31. The minimum atomic E-state index is -1.09. The van der Waals surface area contributed by atoms with E-state index >= 15 is 0 Å². The Balaban J connectivity index is 2.22. The molecule has 0 radical (unpaired) electrons. The average molecular weight is 347 g/mol. The zero-order valence-corrected chi connectivity index (χ0v) is 13.3. The molecule has 0 saturated heterocycles. The predicted octanol–water partition coefficient (Wildman–Crippen LogP) is 3.38. The molecule has 0 saturated carbocycles. The zero-order chi connectivity index (χ0) is 17.3. The predicted molar refractivity (Wildman–Crippen MR) is 85.9 cm³/mol. The summed E-state index contributed by atoms with van der Waals surface area (Å²) in [5.41, 5.74) is 1.61. The quantitative estimate of drug-likeness (QED) is 0.783. The third-order valence-electron chi connectivity index (χ3n) is 3.50. The minimum absolute atomic E-state index is 0.0560.